The molecule has 0 spiro atoms. The van der Waals surface area contributed by atoms with Gasteiger partial charge in [-0.05, 0) is 82.8 Å². The average Bonchev–Trinajstić information content (AvgIpc) is 3.51. The maximum Gasteiger partial charge on any atom is 0.472 e. The summed E-state index contributed by atoms with van der Waals surface area (Å²) < 4.78 is 40.6. The molecule has 2 N–H and O–H groups in total. The van der Waals surface area contributed by atoms with Crippen LogP contribution in [0.15, 0.2) is 65.2 Å². The number of quaternary nitrogens is 1. The summed E-state index contributed by atoms with van der Waals surface area (Å²) in [6, 6.07) is 0. The first-order valence-electron chi connectivity index (χ1n) is 24.5. The minimum atomic E-state index is -4.42. The Kier molecular flexibility index (Phi) is 34.2. The molecule has 64 heavy (non-hydrogen) atoms. The van der Waals surface area contributed by atoms with Gasteiger partial charge in [-0.1, -0.05) is 139 Å². The number of aliphatic hydroxyl groups is 1. The molecular formula is C52H89NO10P+. The molecule has 0 aliphatic heterocycles. The summed E-state index contributed by atoms with van der Waals surface area (Å²) in [4.78, 5) is 35.6. The van der Waals surface area contributed by atoms with E-state index in [9.17, 15) is 24.2 Å². The number of carbonyl (C=O) groups excluding carboxylic acids is 2. The lowest BCUT2D eigenvalue weighted by Gasteiger charge is -2.24. The van der Waals surface area contributed by atoms with Gasteiger partial charge in [-0.25, -0.2) is 4.57 Å². The number of ether oxygens (including phenoxy) is 2. The van der Waals surface area contributed by atoms with Crippen molar-refractivity contribution < 1.29 is 51.6 Å². The third-order valence-corrected chi connectivity index (χ3v) is 11.8. The van der Waals surface area contributed by atoms with Crippen LogP contribution in [0.3, 0.4) is 0 Å². The summed E-state index contributed by atoms with van der Waals surface area (Å²) in [5.41, 5.74) is 2.68. The summed E-state index contributed by atoms with van der Waals surface area (Å²) >= 11 is 0. The molecule has 1 aromatic rings. The molecule has 0 amide bonds. The van der Waals surface area contributed by atoms with E-state index in [1.165, 1.54) is 80.4 Å². The van der Waals surface area contributed by atoms with Gasteiger partial charge in [-0.15, -0.1) is 0 Å². The van der Waals surface area contributed by atoms with Crippen LogP contribution in [0.1, 0.15) is 171 Å². The molecule has 12 heteroatoms. The van der Waals surface area contributed by atoms with Crippen LogP contribution in [0, 0.1) is 13.8 Å². The maximum absolute atomic E-state index is 12.7. The normalized spacial score (nSPS) is 14.5. The van der Waals surface area contributed by atoms with E-state index in [-0.39, 0.29) is 26.1 Å². The Bertz CT molecular complexity index is 1570. The van der Waals surface area contributed by atoms with Crippen LogP contribution in [-0.4, -0.2) is 86.1 Å². The van der Waals surface area contributed by atoms with Crippen LogP contribution < -0.4 is 0 Å². The Hall–Kier alpha value is -3.05. The molecule has 0 aromatic carbocycles. The van der Waals surface area contributed by atoms with Crippen molar-refractivity contribution in [3.05, 3.63) is 83.4 Å². The van der Waals surface area contributed by atoms with Gasteiger partial charge in [-0.2, -0.15) is 0 Å². The van der Waals surface area contributed by atoms with Gasteiger partial charge in [0.1, 0.15) is 31.3 Å². The molecule has 0 aliphatic rings. The van der Waals surface area contributed by atoms with Crippen molar-refractivity contribution in [2.75, 3.05) is 47.5 Å². The average molecular weight is 919 g/mol. The number of allylic oxidation sites excluding steroid dienone is 8. The second kappa shape index (κ2) is 37.1. The minimum absolute atomic E-state index is 0.00194. The Morgan fingerprint density at radius 3 is 1.91 bits per heavy atom. The van der Waals surface area contributed by atoms with Gasteiger partial charge in [-0.3, -0.25) is 18.6 Å². The SMILES string of the molecule is CC/C=C\C/C=C\CC(O)/C=C/C=C\C/C=C\CCCC(=O)O[C@H](COC(=O)CCCCCCCCCCCCc1oc(CCCCC)c(C)c1C)COP(=O)(O)OCC[N+](C)(C)C. The Balaban J connectivity index is 2.36. The van der Waals surface area contributed by atoms with E-state index < -0.39 is 38.6 Å². The van der Waals surface area contributed by atoms with Gasteiger partial charge in [0, 0.05) is 25.7 Å². The zero-order valence-corrected chi connectivity index (χ0v) is 42.0. The number of phosphoric acid groups is 1. The minimum Gasteiger partial charge on any atom is -0.466 e. The molecule has 0 radical (unpaired) electrons. The van der Waals surface area contributed by atoms with E-state index in [1.807, 2.05) is 57.6 Å². The number of phosphoric ester groups is 1. The summed E-state index contributed by atoms with van der Waals surface area (Å²) in [6.07, 6.45) is 39.8. The number of unbranched alkanes of at least 4 members (excludes halogenated alkanes) is 12. The Morgan fingerprint density at radius 1 is 0.688 bits per heavy atom. The van der Waals surface area contributed by atoms with Crippen LogP contribution in [0.4, 0.5) is 0 Å². The summed E-state index contributed by atoms with van der Waals surface area (Å²) in [5, 5.41) is 10.1. The lowest BCUT2D eigenvalue weighted by atomic mass is 10.0. The fourth-order valence-corrected chi connectivity index (χ4v) is 7.47. The first-order chi connectivity index (χ1) is 30.7. The fraction of sp³-hybridized carbons (Fsp3) is 0.692. The second-order valence-corrected chi connectivity index (χ2v) is 19.4. The highest BCUT2D eigenvalue weighted by molar-refractivity contribution is 7.47. The summed E-state index contributed by atoms with van der Waals surface area (Å²) in [5.74, 6) is 1.44. The third-order valence-electron chi connectivity index (χ3n) is 10.8. The highest BCUT2D eigenvalue weighted by atomic mass is 31.2. The topological polar surface area (TPSA) is 142 Å². The van der Waals surface area contributed by atoms with Crippen LogP contribution >= 0.6 is 7.82 Å². The lowest BCUT2D eigenvalue weighted by molar-refractivity contribution is -0.870. The molecule has 1 heterocycles. The smallest absolute Gasteiger partial charge is 0.466 e. The molecule has 0 aliphatic carbocycles. The van der Waals surface area contributed by atoms with E-state index in [2.05, 4.69) is 45.9 Å². The van der Waals surface area contributed by atoms with Crippen molar-refractivity contribution in [2.24, 2.45) is 0 Å². The number of hydrogen-bond acceptors (Lipinski definition) is 9. The number of likely N-dealkylation sites (N-methyl/N-ethyl adjacent to an activating group) is 1. The monoisotopic (exact) mass is 919 g/mol. The van der Waals surface area contributed by atoms with Gasteiger partial charge in [0.15, 0.2) is 6.10 Å². The molecule has 11 nitrogen and oxygen atoms in total. The number of aryl methyl sites for hydroxylation is 2. The fourth-order valence-electron chi connectivity index (χ4n) is 6.72. The largest absolute Gasteiger partial charge is 0.472 e. The quantitative estimate of drug-likeness (QED) is 0.0163. The molecular weight excluding hydrogens is 830 g/mol. The molecule has 1 aromatic heterocycles. The Morgan fingerprint density at radius 2 is 1.27 bits per heavy atom. The predicted octanol–water partition coefficient (Wildman–Crippen LogP) is 12.7. The number of hydrogen-bond donors (Lipinski definition) is 2. The van der Waals surface area contributed by atoms with E-state index in [1.54, 1.807) is 6.08 Å². The number of nitrogens with zero attached hydrogens (tertiary/aromatic N) is 1. The second-order valence-electron chi connectivity index (χ2n) is 17.9. The standard InChI is InChI=1S/C52H88NO10P/c1-8-10-12-13-24-30-35-47(54)36-31-25-20-18-19-23-28-34-40-52(56)62-48(44-61-64(57,58)60-42-41-53(5,6)7)43-59-51(55)39-33-27-22-17-15-14-16-21-26-32-38-50-46(4)45(3)49(63-50)37-29-11-9-2/h10,12,19-20,23-25,30-31,36,47-48,54H,8-9,11,13-18,21-22,26-29,32-35,37-44H2,1-7H3/p+1/b12-10-,23-19-,25-20-,30-24-,36-31+/t47?,48-/m1/s1. The molecule has 2 unspecified atom stereocenters. The first-order valence-corrected chi connectivity index (χ1v) is 26.0. The van der Waals surface area contributed by atoms with Crippen molar-refractivity contribution in [2.45, 2.75) is 188 Å². The van der Waals surface area contributed by atoms with Crippen LogP contribution in [0.25, 0.3) is 0 Å². The maximum atomic E-state index is 12.7. The van der Waals surface area contributed by atoms with Crippen LogP contribution in [0.2, 0.25) is 0 Å². The van der Waals surface area contributed by atoms with Crippen molar-refractivity contribution >= 4 is 19.8 Å². The molecule has 0 saturated heterocycles. The predicted molar refractivity (Wildman–Crippen MR) is 261 cm³/mol. The van der Waals surface area contributed by atoms with Gasteiger partial charge in [0.2, 0.25) is 0 Å². The summed E-state index contributed by atoms with van der Waals surface area (Å²) in [6.45, 7) is 8.48. The number of carbonyl (C=O) groups is 2. The van der Waals surface area contributed by atoms with E-state index in [4.69, 9.17) is 22.9 Å². The molecule has 1 rings (SSSR count). The van der Waals surface area contributed by atoms with Crippen LogP contribution in [0.5, 0.6) is 0 Å². The lowest BCUT2D eigenvalue weighted by Crippen LogP contribution is -2.37. The zero-order valence-electron chi connectivity index (χ0n) is 41.1. The molecule has 0 saturated carbocycles. The van der Waals surface area contributed by atoms with Crippen molar-refractivity contribution in [1.29, 1.82) is 0 Å². The zero-order chi connectivity index (χ0) is 47.3. The van der Waals surface area contributed by atoms with Crippen molar-refractivity contribution in [1.82, 2.24) is 0 Å². The highest BCUT2D eigenvalue weighted by Crippen LogP contribution is 2.43. The van der Waals surface area contributed by atoms with Crippen molar-refractivity contribution in [3.63, 3.8) is 0 Å². The molecule has 3 atom stereocenters. The van der Waals surface area contributed by atoms with Gasteiger partial charge in [0.05, 0.1) is 33.9 Å². The van der Waals surface area contributed by atoms with Crippen molar-refractivity contribution in [3.8, 4) is 0 Å². The van der Waals surface area contributed by atoms with Gasteiger partial charge in [0.25, 0.3) is 0 Å². The van der Waals surface area contributed by atoms with Gasteiger partial charge >= 0.3 is 19.8 Å². The number of esters is 2. The number of aliphatic hydroxyl groups excluding tert-OH is 1. The van der Waals surface area contributed by atoms with E-state index >= 15 is 0 Å². The van der Waals surface area contributed by atoms with E-state index in [0.717, 1.165) is 44.9 Å². The van der Waals surface area contributed by atoms with Gasteiger partial charge < -0.3 is 28.4 Å². The Labute approximate surface area is 388 Å². The number of furan rings is 1. The molecule has 366 valence electrons. The highest BCUT2D eigenvalue weighted by Gasteiger charge is 2.27. The summed E-state index contributed by atoms with van der Waals surface area (Å²) in [7, 11) is 1.38. The molecule has 0 bridgehead atoms. The third kappa shape index (κ3) is 33.4. The molecule has 0 fully saturated rings. The first kappa shape index (κ1) is 59.0. The van der Waals surface area contributed by atoms with Crippen LogP contribution in [-0.2, 0) is 45.5 Å². The number of rotatable bonds is 40. The van der Waals surface area contributed by atoms with E-state index in [0.29, 0.717) is 43.1 Å².